The second kappa shape index (κ2) is 5.24. The lowest BCUT2D eigenvalue weighted by molar-refractivity contribution is -0.118. The van der Waals surface area contributed by atoms with Crippen molar-refractivity contribution in [2.24, 2.45) is 0 Å². The molecular weight excluding hydrogens is 308 g/mol. The predicted molar refractivity (Wildman–Crippen MR) is 83.1 cm³/mol. The zero-order chi connectivity index (χ0) is 15.0. The first-order valence-electron chi connectivity index (χ1n) is 6.55. The highest BCUT2D eigenvalue weighted by Gasteiger charge is 2.51. The standard InChI is InChI=1S/C15H13ClN2O2S/c1-9(19)12-8-21-14(17-12)18-13(20)15(5-6-15)10-3-2-4-11(16)7-10/h2-4,7-8H,5-6H2,1H3,(H,17,18,20). The van der Waals surface area contributed by atoms with E-state index in [1.54, 1.807) is 11.4 Å². The highest BCUT2D eigenvalue weighted by atomic mass is 35.5. The van der Waals surface area contributed by atoms with Gasteiger partial charge in [-0.3, -0.25) is 9.59 Å². The molecular formula is C15H13ClN2O2S. The first kappa shape index (κ1) is 14.2. The van der Waals surface area contributed by atoms with Crippen LogP contribution >= 0.6 is 22.9 Å². The minimum Gasteiger partial charge on any atom is -0.301 e. The molecule has 0 aliphatic heterocycles. The van der Waals surface area contributed by atoms with Gasteiger partial charge in [0.1, 0.15) is 5.69 Å². The summed E-state index contributed by atoms with van der Waals surface area (Å²) >= 11 is 7.26. The van der Waals surface area contributed by atoms with Crippen LogP contribution in [0.15, 0.2) is 29.6 Å². The Morgan fingerprint density at radius 2 is 2.14 bits per heavy atom. The highest BCUT2D eigenvalue weighted by molar-refractivity contribution is 7.14. The van der Waals surface area contributed by atoms with Gasteiger partial charge < -0.3 is 5.32 Å². The summed E-state index contributed by atoms with van der Waals surface area (Å²) in [6.45, 7) is 1.45. The Morgan fingerprint density at radius 1 is 1.38 bits per heavy atom. The van der Waals surface area contributed by atoms with Gasteiger partial charge in [0.2, 0.25) is 5.91 Å². The number of amides is 1. The summed E-state index contributed by atoms with van der Waals surface area (Å²) in [5.41, 5.74) is 0.797. The van der Waals surface area contributed by atoms with Crippen LogP contribution in [0, 0.1) is 0 Å². The SMILES string of the molecule is CC(=O)c1csc(NC(=O)C2(c3cccc(Cl)c3)CC2)n1. The van der Waals surface area contributed by atoms with Crippen LogP contribution < -0.4 is 5.32 Å². The number of Topliss-reactive ketones (excluding diaryl/α,β-unsaturated/α-hetero) is 1. The monoisotopic (exact) mass is 320 g/mol. The molecule has 108 valence electrons. The van der Waals surface area contributed by atoms with Crippen molar-refractivity contribution in [3.8, 4) is 0 Å². The Bertz CT molecular complexity index is 722. The topological polar surface area (TPSA) is 59.1 Å². The maximum Gasteiger partial charge on any atom is 0.236 e. The van der Waals surface area contributed by atoms with Crippen molar-refractivity contribution < 1.29 is 9.59 Å². The van der Waals surface area contributed by atoms with Crippen molar-refractivity contribution >= 4 is 39.8 Å². The van der Waals surface area contributed by atoms with Gasteiger partial charge in [-0.15, -0.1) is 11.3 Å². The second-order valence-electron chi connectivity index (χ2n) is 5.14. The third kappa shape index (κ3) is 2.71. The van der Waals surface area contributed by atoms with Crippen LogP contribution in [-0.4, -0.2) is 16.7 Å². The number of carbonyl (C=O) groups is 2. The van der Waals surface area contributed by atoms with E-state index in [9.17, 15) is 9.59 Å². The van der Waals surface area contributed by atoms with Crippen molar-refractivity contribution in [2.45, 2.75) is 25.2 Å². The van der Waals surface area contributed by atoms with E-state index < -0.39 is 5.41 Å². The fraction of sp³-hybridized carbons (Fsp3) is 0.267. The van der Waals surface area contributed by atoms with Crippen molar-refractivity contribution in [1.82, 2.24) is 4.98 Å². The number of hydrogen-bond donors (Lipinski definition) is 1. The summed E-state index contributed by atoms with van der Waals surface area (Å²) in [6.07, 6.45) is 1.59. The smallest absolute Gasteiger partial charge is 0.236 e. The molecule has 0 unspecified atom stereocenters. The van der Waals surface area contributed by atoms with Crippen molar-refractivity contribution in [2.75, 3.05) is 5.32 Å². The molecule has 3 rings (SSSR count). The summed E-state index contributed by atoms with van der Waals surface area (Å²) in [4.78, 5) is 27.9. The normalized spacial score (nSPS) is 15.5. The minimum atomic E-state index is -0.507. The number of hydrogen-bond acceptors (Lipinski definition) is 4. The van der Waals surface area contributed by atoms with Crippen LogP contribution in [0.1, 0.15) is 35.8 Å². The lowest BCUT2D eigenvalue weighted by Gasteiger charge is -2.14. The molecule has 0 bridgehead atoms. The molecule has 1 heterocycles. The lowest BCUT2D eigenvalue weighted by Crippen LogP contribution is -2.27. The van der Waals surface area contributed by atoms with Crippen LogP contribution in [-0.2, 0) is 10.2 Å². The van der Waals surface area contributed by atoms with Gasteiger partial charge in [-0.2, -0.15) is 0 Å². The molecule has 1 aliphatic carbocycles. The molecule has 1 aromatic heterocycles. The van der Waals surface area contributed by atoms with Gasteiger partial charge >= 0.3 is 0 Å². The first-order valence-corrected chi connectivity index (χ1v) is 7.81. The molecule has 1 aliphatic rings. The summed E-state index contributed by atoms with van der Waals surface area (Å²) in [5.74, 6) is -0.197. The fourth-order valence-electron chi connectivity index (χ4n) is 2.27. The maximum absolute atomic E-state index is 12.5. The van der Waals surface area contributed by atoms with Crippen LogP contribution in [0.3, 0.4) is 0 Å². The molecule has 0 spiro atoms. The molecule has 1 aromatic carbocycles. The van der Waals surface area contributed by atoms with Crippen LogP contribution in [0.5, 0.6) is 0 Å². The van der Waals surface area contributed by atoms with E-state index in [0.717, 1.165) is 18.4 Å². The number of ketones is 1. The van der Waals surface area contributed by atoms with E-state index >= 15 is 0 Å². The highest BCUT2D eigenvalue weighted by Crippen LogP contribution is 2.49. The average molecular weight is 321 g/mol. The average Bonchev–Trinajstić information content (AvgIpc) is 3.13. The second-order valence-corrected chi connectivity index (χ2v) is 6.44. The third-order valence-electron chi connectivity index (χ3n) is 3.65. The number of rotatable bonds is 4. The van der Waals surface area contributed by atoms with Gasteiger partial charge in [-0.1, -0.05) is 23.7 Å². The molecule has 21 heavy (non-hydrogen) atoms. The molecule has 0 atom stereocenters. The van der Waals surface area contributed by atoms with Gasteiger partial charge in [-0.05, 0) is 30.5 Å². The number of benzene rings is 1. The van der Waals surface area contributed by atoms with Gasteiger partial charge in [0.25, 0.3) is 0 Å². The largest absolute Gasteiger partial charge is 0.301 e. The molecule has 1 fully saturated rings. The number of nitrogens with zero attached hydrogens (tertiary/aromatic N) is 1. The van der Waals surface area contributed by atoms with E-state index in [1.807, 2.05) is 18.2 Å². The Balaban J connectivity index is 1.80. The Labute approximate surface area is 131 Å². The van der Waals surface area contributed by atoms with E-state index in [2.05, 4.69) is 10.3 Å². The molecule has 2 aromatic rings. The van der Waals surface area contributed by atoms with Crippen molar-refractivity contribution in [1.29, 1.82) is 0 Å². The quantitative estimate of drug-likeness (QED) is 0.874. The van der Waals surface area contributed by atoms with Gasteiger partial charge in [0, 0.05) is 17.3 Å². The Hall–Kier alpha value is -1.72. The number of thiazole rings is 1. The van der Waals surface area contributed by atoms with E-state index in [1.165, 1.54) is 18.3 Å². The first-order chi connectivity index (χ1) is 10.0. The van der Waals surface area contributed by atoms with Crippen molar-refractivity contribution in [3.05, 3.63) is 45.9 Å². The number of nitrogens with one attached hydrogen (secondary N) is 1. The molecule has 4 nitrogen and oxygen atoms in total. The number of halogens is 1. The number of anilines is 1. The molecule has 0 saturated heterocycles. The molecule has 1 saturated carbocycles. The van der Waals surface area contributed by atoms with Crippen molar-refractivity contribution in [3.63, 3.8) is 0 Å². The Morgan fingerprint density at radius 3 is 2.71 bits per heavy atom. The minimum absolute atomic E-state index is 0.0887. The van der Waals surface area contributed by atoms with Crippen LogP contribution in [0.4, 0.5) is 5.13 Å². The molecule has 1 amide bonds. The summed E-state index contributed by atoms with van der Waals surface area (Å²) in [7, 11) is 0. The predicted octanol–water partition coefficient (Wildman–Crippen LogP) is 3.67. The number of carbonyl (C=O) groups excluding carboxylic acids is 2. The lowest BCUT2D eigenvalue weighted by atomic mass is 9.95. The summed E-state index contributed by atoms with van der Waals surface area (Å²) in [6, 6.07) is 7.39. The van der Waals surface area contributed by atoms with Gasteiger partial charge in [0.15, 0.2) is 10.9 Å². The number of aromatic nitrogens is 1. The summed E-state index contributed by atoms with van der Waals surface area (Å²) in [5, 5.41) is 5.54. The van der Waals surface area contributed by atoms with E-state index in [-0.39, 0.29) is 11.7 Å². The summed E-state index contributed by atoms with van der Waals surface area (Å²) < 4.78 is 0. The van der Waals surface area contributed by atoms with Gasteiger partial charge in [0.05, 0.1) is 5.41 Å². The molecule has 0 radical (unpaired) electrons. The third-order valence-corrected chi connectivity index (χ3v) is 4.64. The van der Waals surface area contributed by atoms with Crippen LogP contribution in [0.2, 0.25) is 5.02 Å². The Kier molecular flexibility index (Phi) is 3.55. The van der Waals surface area contributed by atoms with E-state index in [0.29, 0.717) is 15.8 Å². The van der Waals surface area contributed by atoms with Crippen LogP contribution in [0.25, 0.3) is 0 Å². The zero-order valence-corrected chi connectivity index (χ0v) is 12.9. The van der Waals surface area contributed by atoms with E-state index in [4.69, 9.17) is 11.6 Å². The fourth-order valence-corrected chi connectivity index (χ4v) is 3.20. The maximum atomic E-state index is 12.5. The van der Waals surface area contributed by atoms with Gasteiger partial charge in [-0.25, -0.2) is 4.98 Å². The molecule has 1 N–H and O–H groups in total. The molecule has 6 heteroatoms. The zero-order valence-electron chi connectivity index (χ0n) is 11.4.